The summed E-state index contributed by atoms with van der Waals surface area (Å²) in [4.78, 5) is 11.6. The zero-order chi connectivity index (χ0) is 18.7. The van der Waals surface area contributed by atoms with Gasteiger partial charge in [0.2, 0.25) is 10.0 Å². The van der Waals surface area contributed by atoms with Crippen molar-refractivity contribution in [2.75, 3.05) is 13.1 Å². The quantitative estimate of drug-likeness (QED) is 0.684. The lowest BCUT2D eigenvalue weighted by Gasteiger charge is -2.28. The van der Waals surface area contributed by atoms with Crippen molar-refractivity contribution in [1.82, 2.24) is 15.4 Å². The minimum Gasteiger partial charge on any atom is -0.343 e. The number of rotatable bonds is 5. The molecule has 1 aromatic rings. The van der Waals surface area contributed by atoms with Crippen molar-refractivity contribution < 1.29 is 26.4 Å². The summed E-state index contributed by atoms with van der Waals surface area (Å²) < 4.78 is 63.6. The van der Waals surface area contributed by atoms with E-state index < -0.39 is 28.7 Å². The fraction of sp³-hybridized carbons (Fsp3) is 0.533. The first-order chi connectivity index (χ1) is 11.6. The molecule has 1 aliphatic heterocycles. The molecule has 0 aromatic heterocycles. The van der Waals surface area contributed by atoms with Gasteiger partial charge in [-0.1, -0.05) is 0 Å². The molecule has 1 fully saturated rings. The van der Waals surface area contributed by atoms with Gasteiger partial charge in [0.1, 0.15) is 6.54 Å². The first kappa shape index (κ1) is 22.7. The van der Waals surface area contributed by atoms with Gasteiger partial charge in [-0.05, 0) is 50.6 Å². The van der Waals surface area contributed by atoms with Gasteiger partial charge >= 0.3 is 6.18 Å². The van der Waals surface area contributed by atoms with Gasteiger partial charge in [0.05, 0.1) is 4.90 Å². The standard InChI is InChI=1S/C15H20F3N3O3S.ClH/c1-10-8-12(6-7-19-10)21-25(23,24)13-4-2-11(3-5-13)14(22)20-9-15(16,17)18;/h2-5,10,12,19,21H,6-9H2,1H3,(H,20,22);1H. The zero-order valence-electron chi connectivity index (χ0n) is 14.0. The van der Waals surface area contributed by atoms with Crippen LogP contribution in [0.15, 0.2) is 29.2 Å². The van der Waals surface area contributed by atoms with Crippen molar-refractivity contribution in [1.29, 1.82) is 0 Å². The van der Waals surface area contributed by atoms with Crippen molar-refractivity contribution in [3.63, 3.8) is 0 Å². The highest BCUT2D eigenvalue weighted by Crippen LogP contribution is 2.16. The number of carbonyl (C=O) groups is 1. The van der Waals surface area contributed by atoms with Crippen molar-refractivity contribution in [2.45, 2.75) is 42.9 Å². The van der Waals surface area contributed by atoms with Gasteiger partial charge in [0.15, 0.2) is 0 Å². The molecule has 148 valence electrons. The third kappa shape index (κ3) is 6.75. The summed E-state index contributed by atoms with van der Waals surface area (Å²) >= 11 is 0. The maximum atomic E-state index is 12.4. The molecule has 1 saturated heterocycles. The lowest BCUT2D eigenvalue weighted by molar-refractivity contribution is -0.123. The third-order valence-corrected chi connectivity index (χ3v) is 5.36. The molecule has 0 spiro atoms. The van der Waals surface area contributed by atoms with Crippen LogP contribution in [0.25, 0.3) is 0 Å². The fourth-order valence-corrected chi connectivity index (χ4v) is 3.88. The van der Waals surface area contributed by atoms with Gasteiger partial charge in [0.25, 0.3) is 5.91 Å². The molecule has 1 aliphatic rings. The Balaban J connectivity index is 0.00000338. The van der Waals surface area contributed by atoms with E-state index in [-0.39, 0.29) is 34.9 Å². The maximum absolute atomic E-state index is 12.4. The van der Waals surface area contributed by atoms with E-state index in [0.717, 1.165) is 0 Å². The molecule has 11 heteroatoms. The smallest absolute Gasteiger partial charge is 0.343 e. The molecule has 2 atom stereocenters. The summed E-state index contributed by atoms with van der Waals surface area (Å²) in [6.45, 7) is 1.24. The van der Waals surface area contributed by atoms with Crippen LogP contribution >= 0.6 is 12.4 Å². The van der Waals surface area contributed by atoms with Gasteiger partial charge in [-0.15, -0.1) is 12.4 Å². The van der Waals surface area contributed by atoms with Crippen molar-refractivity contribution >= 4 is 28.3 Å². The van der Waals surface area contributed by atoms with E-state index in [1.807, 2.05) is 6.92 Å². The van der Waals surface area contributed by atoms with Crippen LogP contribution < -0.4 is 15.4 Å². The molecule has 26 heavy (non-hydrogen) atoms. The second-order valence-electron chi connectivity index (χ2n) is 6.02. The topological polar surface area (TPSA) is 87.3 Å². The molecule has 0 bridgehead atoms. The van der Waals surface area contributed by atoms with Crippen molar-refractivity contribution in [3.8, 4) is 0 Å². The second kappa shape index (κ2) is 9.03. The number of alkyl halides is 3. The van der Waals surface area contributed by atoms with E-state index >= 15 is 0 Å². The van der Waals surface area contributed by atoms with Gasteiger partial charge in [-0.3, -0.25) is 4.79 Å². The summed E-state index contributed by atoms with van der Waals surface area (Å²) in [7, 11) is -3.75. The number of hydrogen-bond donors (Lipinski definition) is 3. The predicted molar refractivity (Wildman–Crippen MR) is 92.9 cm³/mol. The van der Waals surface area contributed by atoms with Gasteiger partial charge in [-0.25, -0.2) is 13.1 Å². The van der Waals surface area contributed by atoms with Gasteiger partial charge < -0.3 is 10.6 Å². The van der Waals surface area contributed by atoms with E-state index in [9.17, 15) is 26.4 Å². The van der Waals surface area contributed by atoms with E-state index in [4.69, 9.17) is 0 Å². The van der Waals surface area contributed by atoms with Crippen LogP contribution in [0.3, 0.4) is 0 Å². The lowest BCUT2D eigenvalue weighted by Crippen LogP contribution is -2.46. The molecule has 2 rings (SSSR count). The monoisotopic (exact) mass is 415 g/mol. The van der Waals surface area contributed by atoms with E-state index in [2.05, 4.69) is 10.0 Å². The summed E-state index contributed by atoms with van der Waals surface area (Å²) in [5.74, 6) is -0.915. The Bertz CT molecular complexity index is 711. The minimum absolute atomic E-state index is 0. The number of hydrogen-bond acceptors (Lipinski definition) is 4. The molecule has 1 aromatic carbocycles. The predicted octanol–water partition coefficient (Wildman–Crippen LogP) is 1.82. The highest BCUT2D eigenvalue weighted by atomic mass is 35.5. The van der Waals surface area contributed by atoms with E-state index in [1.165, 1.54) is 24.3 Å². The molecule has 3 N–H and O–H groups in total. The number of nitrogens with one attached hydrogen (secondary N) is 3. The number of halogens is 4. The van der Waals surface area contributed by atoms with Crippen LogP contribution in [0.2, 0.25) is 0 Å². The molecule has 1 heterocycles. The maximum Gasteiger partial charge on any atom is 0.405 e. The van der Waals surface area contributed by atoms with Crippen LogP contribution in [0.4, 0.5) is 13.2 Å². The summed E-state index contributed by atoms with van der Waals surface area (Å²) in [6, 6.07) is 4.80. The Kier molecular flexibility index (Phi) is 7.87. The van der Waals surface area contributed by atoms with Crippen LogP contribution in [0.5, 0.6) is 0 Å². The Hall–Kier alpha value is -1.36. The highest BCUT2D eigenvalue weighted by Gasteiger charge is 2.28. The first-order valence-corrected chi connectivity index (χ1v) is 9.26. The number of carbonyl (C=O) groups excluding carboxylic acids is 1. The molecule has 0 saturated carbocycles. The SMILES string of the molecule is CC1CC(NS(=O)(=O)c2ccc(C(=O)NCC(F)(F)F)cc2)CCN1.Cl. The number of benzene rings is 1. The van der Waals surface area contributed by atoms with Gasteiger partial charge in [0, 0.05) is 17.6 Å². The van der Waals surface area contributed by atoms with Crippen LogP contribution in [0, 0.1) is 0 Å². The first-order valence-electron chi connectivity index (χ1n) is 7.77. The normalized spacial score (nSPS) is 20.9. The second-order valence-corrected chi connectivity index (χ2v) is 7.73. The molecular formula is C15H21ClF3N3O3S. The Morgan fingerprint density at radius 2 is 1.88 bits per heavy atom. The molecule has 0 radical (unpaired) electrons. The highest BCUT2D eigenvalue weighted by molar-refractivity contribution is 7.89. The van der Waals surface area contributed by atoms with E-state index in [0.29, 0.717) is 19.4 Å². The van der Waals surface area contributed by atoms with E-state index in [1.54, 1.807) is 5.32 Å². The summed E-state index contributed by atoms with van der Waals surface area (Å²) in [5, 5.41) is 4.95. The van der Waals surface area contributed by atoms with Gasteiger partial charge in [-0.2, -0.15) is 13.2 Å². The largest absolute Gasteiger partial charge is 0.405 e. The van der Waals surface area contributed by atoms with Crippen molar-refractivity contribution in [2.24, 2.45) is 0 Å². The molecular weight excluding hydrogens is 395 g/mol. The van der Waals surface area contributed by atoms with Crippen LogP contribution in [-0.4, -0.2) is 45.7 Å². The Morgan fingerprint density at radius 1 is 1.27 bits per heavy atom. The zero-order valence-corrected chi connectivity index (χ0v) is 15.6. The van der Waals surface area contributed by atoms with Crippen LogP contribution in [0.1, 0.15) is 30.1 Å². The molecule has 6 nitrogen and oxygen atoms in total. The average molecular weight is 416 g/mol. The third-order valence-electron chi connectivity index (χ3n) is 3.82. The lowest BCUT2D eigenvalue weighted by atomic mass is 10.0. The van der Waals surface area contributed by atoms with Crippen LogP contribution in [-0.2, 0) is 10.0 Å². The number of piperidine rings is 1. The Labute approximate surface area is 156 Å². The summed E-state index contributed by atoms with van der Waals surface area (Å²) in [5.41, 5.74) is -0.0429. The number of sulfonamides is 1. The van der Waals surface area contributed by atoms with Crippen molar-refractivity contribution in [3.05, 3.63) is 29.8 Å². The Morgan fingerprint density at radius 3 is 2.42 bits per heavy atom. The molecule has 1 amide bonds. The number of amides is 1. The minimum atomic E-state index is -4.51. The average Bonchev–Trinajstić information content (AvgIpc) is 2.51. The molecule has 0 aliphatic carbocycles. The molecule has 2 unspecified atom stereocenters. The fourth-order valence-electron chi connectivity index (χ4n) is 2.59. The summed E-state index contributed by atoms with van der Waals surface area (Å²) in [6.07, 6.45) is -3.17.